The summed E-state index contributed by atoms with van der Waals surface area (Å²) in [5.41, 5.74) is 0.823. The Hall–Kier alpha value is -1.92. The van der Waals surface area contributed by atoms with Gasteiger partial charge in [0.2, 0.25) is 0 Å². The van der Waals surface area contributed by atoms with Crippen LogP contribution < -0.4 is 0 Å². The van der Waals surface area contributed by atoms with E-state index in [0.29, 0.717) is 0 Å². The highest BCUT2D eigenvalue weighted by Gasteiger charge is 2.32. The smallest absolute Gasteiger partial charge is 0.448 e. The van der Waals surface area contributed by atoms with Crippen LogP contribution in [-0.2, 0) is 4.57 Å². The van der Waals surface area contributed by atoms with E-state index < -0.39 is 19.8 Å². The van der Waals surface area contributed by atoms with Gasteiger partial charge >= 0.3 is 7.75 Å². The number of hydrogen-bond donors (Lipinski definition) is 5. The number of rotatable bonds is 5. The minimum atomic E-state index is -4.68. The Bertz CT molecular complexity index is 719. The van der Waals surface area contributed by atoms with Gasteiger partial charge < -0.3 is 25.1 Å². The van der Waals surface area contributed by atoms with Gasteiger partial charge in [-0.15, -0.1) is 0 Å². The second-order valence-electron chi connectivity index (χ2n) is 5.76. The summed E-state index contributed by atoms with van der Waals surface area (Å²) in [6.45, 7) is 1.87. The molecule has 0 aromatic heterocycles. The van der Waals surface area contributed by atoms with E-state index in [9.17, 15) is 19.9 Å². The van der Waals surface area contributed by atoms with Crippen molar-refractivity contribution in [1.29, 1.82) is 0 Å². The summed E-state index contributed by atoms with van der Waals surface area (Å²) in [5, 5.41) is 29.8. The van der Waals surface area contributed by atoms with E-state index in [1.807, 2.05) is 6.92 Å². The number of phenolic OH excluding ortho intramolecular Hbond substituents is 1. The fraction of sp³-hybridized carbons (Fsp3) is 0.312. The second kappa shape index (κ2) is 7.32. The third-order valence-corrected chi connectivity index (χ3v) is 4.35. The number of nitrogens with zero attached hydrogens (tertiary/aromatic N) is 1. The molecule has 0 saturated heterocycles. The van der Waals surface area contributed by atoms with Crippen LogP contribution in [0.1, 0.15) is 24.8 Å². The molecular formula is C16H20NO6P. The largest absolute Gasteiger partial charge is 0.512 e. The normalized spacial score (nSPS) is 22.2. The van der Waals surface area contributed by atoms with Gasteiger partial charge in [0.25, 0.3) is 0 Å². The molecule has 1 aliphatic carbocycles. The van der Waals surface area contributed by atoms with Gasteiger partial charge in [0.05, 0.1) is 17.7 Å². The zero-order valence-electron chi connectivity index (χ0n) is 13.0. The van der Waals surface area contributed by atoms with Crippen molar-refractivity contribution < 1.29 is 29.7 Å². The van der Waals surface area contributed by atoms with Crippen molar-refractivity contribution in [1.82, 2.24) is 0 Å². The molecule has 0 spiro atoms. The van der Waals surface area contributed by atoms with Crippen molar-refractivity contribution in [3.8, 4) is 5.75 Å². The van der Waals surface area contributed by atoms with Crippen molar-refractivity contribution in [3.05, 3.63) is 53.8 Å². The van der Waals surface area contributed by atoms with E-state index in [1.165, 1.54) is 18.2 Å². The van der Waals surface area contributed by atoms with Crippen molar-refractivity contribution in [2.24, 2.45) is 10.7 Å². The molecule has 0 fully saturated rings. The predicted octanol–water partition coefficient (Wildman–Crippen LogP) is 2.41. The number of aliphatic hydroxyl groups is 2. The summed E-state index contributed by atoms with van der Waals surface area (Å²) in [4.78, 5) is 18.0. The SMILES string of the molecule is CC(CC(O)C1C(O)=CC=CC1=NP(=O)(O)O)c1ccc(O)cc1. The van der Waals surface area contributed by atoms with Gasteiger partial charge in [0.1, 0.15) is 11.5 Å². The summed E-state index contributed by atoms with van der Waals surface area (Å²) >= 11 is 0. The van der Waals surface area contributed by atoms with E-state index in [0.717, 1.165) is 5.56 Å². The molecule has 3 atom stereocenters. The summed E-state index contributed by atoms with van der Waals surface area (Å²) in [5.74, 6) is -1.16. The van der Waals surface area contributed by atoms with E-state index in [2.05, 4.69) is 4.76 Å². The zero-order valence-corrected chi connectivity index (χ0v) is 13.9. The number of benzene rings is 1. The van der Waals surface area contributed by atoms with Crippen LogP contribution in [-0.4, -0.2) is 36.9 Å². The third kappa shape index (κ3) is 4.79. The first-order valence-electron chi connectivity index (χ1n) is 7.37. The lowest BCUT2D eigenvalue weighted by Crippen LogP contribution is -2.31. The molecule has 3 unspecified atom stereocenters. The highest BCUT2D eigenvalue weighted by molar-refractivity contribution is 7.50. The standard InChI is InChI=1S/C16H20NO6P/c1-10(11-5-7-12(18)8-6-11)9-15(20)16-13(17-24(21,22)23)3-2-4-14(16)19/h2-8,10,15-16,18-20H,9H2,1H3,(H2,21,22,23). The van der Waals surface area contributed by atoms with Gasteiger partial charge in [-0.2, -0.15) is 4.76 Å². The molecule has 2 rings (SSSR count). The molecular weight excluding hydrogens is 333 g/mol. The first-order valence-corrected chi connectivity index (χ1v) is 8.94. The molecule has 7 nitrogen and oxygen atoms in total. The second-order valence-corrected chi connectivity index (χ2v) is 6.99. The molecule has 1 aromatic carbocycles. The number of phenols is 1. The van der Waals surface area contributed by atoms with Gasteiger partial charge in [-0.1, -0.05) is 25.1 Å². The Balaban J connectivity index is 2.19. The Morgan fingerprint density at radius 3 is 2.42 bits per heavy atom. The minimum absolute atomic E-state index is 0.0614. The number of hydrogen-bond acceptors (Lipinski definition) is 4. The monoisotopic (exact) mass is 353 g/mol. The molecule has 8 heteroatoms. The van der Waals surface area contributed by atoms with E-state index in [1.54, 1.807) is 24.3 Å². The maximum atomic E-state index is 11.1. The van der Waals surface area contributed by atoms with Crippen LogP contribution >= 0.6 is 7.75 Å². The summed E-state index contributed by atoms with van der Waals surface area (Å²) in [6, 6.07) is 6.54. The van der Waals surface area contributed by atoms with E-state index in [-0.39, 0.29) is 29.6 Å². The first-order chi connectivity index (χ1) is 11.2. The van der Waals surface area contributed by atoms with Gasteiger partial charge in [-0.05, 0) is 42.2 Å². The molecule has 5 N–H and O–H groups in total. The molecule has 0 amide bonds. The van der Waals surface area contributed by atoms with Crippen LogP contribution in [0.15, 0.2) is 53.0 Å². The molecule has 0 bridgehead atoms. The topological polar surface area (TPSA) is 131 Å². The Kier molecular flexibility index (Phi) is 5.62. The van der Waals surface area contributed by atoms with Crippen molar-refractivity contribution in [3.63, 3.8) is 0 Å². The lowest BCUT2D eigenvalue weighted by atomic mass is 9.84. The van der Waals surface area contributed by atoms with Gasteiger partial charge in [0, 0.05) is 0 Å². The molecule has 130 valence electrons. The quantitative estimate of drug-likeness (QED) is 0.517. The fourth-order valence-electron chi connectivity index (χ4n) is 2.68. The maximum absolute atomic E-state index is 11.1. The highest BCUT2D eigenvalue weighted by atomic mass is 31.2. The Labute approximate surface area is 139 Å². The van der Waals surface area contributed by atoms with E-state index >= 15 is 0 Å². The lowest BCUT2D eigenvalue weighted by molar-refractivity contribution is 0.116. The number of aliphatic hydroxyl groups excluding tert-OH is 2. The molecule has 0 aliphatic heterocycles. The minimum Gasteiger partial charge on any atom is -0.512 e. The summed E-state index contributed by atoms with van der Waals surface area (Å²) in [7, 11) is -4.68. The lowest BCUT2D eigenvalue weighted by Gasteiger charge is -2.26. The molecule has 24 heavy (non-hydrogen) atoms. The van der Waals surface area contributed by atoms with Gasteiger partial charge in [-0.3, -0.25) is 0 Å². The zero-order chi connectivity index (χ0) is 17.9. The van der Waals surface area contributed by atoms with Gasteiger partial charge in [0.15, 0.2) is 0 Å². The maximum Gasteiger partial charge on any atom is 0.448 e. The molecule has 1 aliphatic rings. The van der Waals surface area contributed by atoms with Crippen LogP contribution in [0.3, 0.4) is 0 Å². The summed E-state index contributed by atoms with van der Waals surface area (Å²) in [6.07, 6.45) is 3.29. The predicted molar refractivity (Wildman–Crippen MR) is 90.0 cm³/mol. The van der Waals surface area contributed by atoms with Crippen molar-refractivity contribution in [2.45, 2.75) is 25.4 Å². The van der Waals surface area contributed by atoms with Gasteiger partial charge in [-0.25, -0.2) is 4.57 Å². The average Bonchev–Trinajstić information content (AvgIpc) is 2.46. The van der Waals surface area contributed by atoms with Crippen LogP contribution in [0.2, 0.25) is 0 Å². The molecule has 0 heterocycles. The Morgan fingerprint density at radius 2 is 1.83 bits per heavy atom. The van der Waals surface area contributed by atoms with Crippen molar-refractivity contribution >= 4 is 13.5 Å². The first kappa shape index (κ1) is 18.4. The third-order valence-electron chi connectivity index (χ3n) is 3.86. The molecule has 0 saturated carbocycles. The molecule has 0 radical (unpaired) electrons. The van der Waals surface area contributed by atoms with Crippen LogP contribution in [0.5, 0.6) is 5.75 Å². The fourth-order valence-corrected chi connectivity index (χ4v) is 3.17. The van der Waals surface area contributed by atoms with Crippen LogP contribution in [0, 0.1) is 5.92 Å². The number of aromatic hydroxyl groups is 1. The molecule has 1 aromatic rings. The average molecular weight is 353 g/mol. The van der Waals surface area contributed by atoms with Crippen molar-refractivity contribution in [2.75, 3.05) is 0 Å². The highest BCUT2D eigenvalue weighted by Crippen LogP contribution is 2.39. The summed E-state index contributed by atoms with van der Waals surface area (Å²) < 4.78 is 14.4. The van der Waals surface area contributed by atoms with Crippen LogP contribution in [0.4, 0.5) is 0 Å². The Morgan fingerprint density at radius 1 is 1.21 bits per heavy atom. The number of allylic oxidation sites excluding steroid dienone is 3. The van der Waals surface area contributed by atoms with Crippen LogP contribution in [0.25, 0.3) is 0 Å². The van der Waals surface area contributed by atoms with E-state index in [4.69, 9.17) is 9.79 Å².